The number of benzene rings is 1. The fourth-order valence-electron chi connectivity index (χ4n) is 1.44. The van der Waals surface area contributed by atoms with Crippen LogP contribution in [0.2, 0.25) is 0 Å². The van der Waals surface area contributed by atoms with Crippen LogP contribution >= 0.6 is 0 Å². The molecule has 0 radical (unpaired) electrons. The van der Waals surface area contributed by atoms with Gasteiger partial charge in [0.15, 0.2) is 6.23 Å². The van der Waals surface area contributed by atoms with Gasteiger partial charge in [-0.1, -0.05) is 12.1 Å². The van der Waals surface area contributed by atoms with Crippen molar-refractivity contribution < 1.29 is 27.4 Å². The number of hydrogen-bond acceptors (Lipinski definition) is 3. The molecule has 0 bridgehead atoms. The quantitative estimate of drug-likeness (QED) is 0.865. The summed E-state index contributed by atoms with van der Waals surface area (Å²) in [5.41, 5.74) is 0.401. The normalized spacial score (nSPS) is 20.2. The zero-order valence-corrected chi connectivity index (χ0v) is 8.45. The molecule has 1 fully saturated rings. The predicted molar refractivity (Wildman–Crippen MR) is 50.0 cm³/mol. The van der Waals surface area contributed by atoms with Crippen LogP contribution in [0, 0.1) is 0 Å². The van der Waals surface area contributed by atoms with Crippen LogP contribution in [0.3, 0.4) is 0 Å². The van der Waals surface area contributed by atoms with Gasteiger partial charge >= 0.3 is 6.36 Å². The topological polar surface area (TPSA) is 47.6 Å². The maximum atomic E-state index is 12.0. The van der Waals surface area contributed by atoms with Crippen molar-refractivity contribution >= 4 is 5.91 Å². The smallest absolute Gasteiger partial charge is 0.406 e. The van der Waals surface area contributed by atoms with Crippen molar-refractivity contribution in [3.63, 3.8) is 0 Å². The van der Waals surface area contributed by atoms with Crippen molar-refractivity contribution in [2.24, 2.45) is 0 Å². The number of hydrogen-bond donors (Lipinski definition) is 1. The summed E-state index contributed by atoms with van der Waals surface area (Å²) in [4.78, 5) is 10.9. The maximum absolute atomic E-state index is 12.0. The molecule has 0 aliphatic carbocycles. The standard InChI is InChI=1S/C10H8F3NO3/c11-10(12,13)17-7-3-1-2-6(4-7)9-14-8(15)5-16-9/h1-4,9H,5H2,(H,14,15). The van der Waals surface area contributed by atoms with Gasteiger partial charge in [-0.3, -0.25) is 4.79 Å². The van der Waals surface area contributed by atoms with Crippen molar-refractivity contribution in [2.45, 2.75) is 12.6 Å². The van der Waals surface area contributed by atoms with E-state index in [1.165, 1.54) is 18.2 Å². The second-order valence-electron chi connectivity index (χ2n) is 3.38. The molecule has 1 amide bonds. The molecule has 0 spiro atoms. The van der Waals surface area contributed by atoms with Crippen molar-refractivity contribution in [2.75, 3.05) is 6.61 Å². The molecule has 1 heterocycles. The van der Waals surface area contributed by atoms with Gasteiger partial charge in [-0.25, -0.2) is 0 Å². The van der Waals surface area contributed by atoms with Crippen LogP contribution in [0.1, 0.15) is 11.8 Å². The highest BCUT2D eigenvalue weighted by molar-refractivity contribution is 5.79. The fourth-order valence-corrected chi connectivity index (χ4v) is 1.44. The third kappa shape index (κ3) is 3.10. The van der Waals surface area contributed by atoms with E-state index in [1.54, 1.807) is 6.07 Å². The molecule has 7 heteroatoms. The van der Waals surface area contributed by atoms with Gasteiger partial charge in [0.1, 0.15) is 12.4 Å². The van der Waals surface area contributed by atoms with E-state index in [4.69, 9.17) is 4.74 Å². The molecule has 1 N–H and O–H groups in total. The van der Waals surface area contributed by atoms with Gasteiger partial charge in [-0.15, -0.1) is 13.2 Å². The van der Waals surface area contributed by atoms with Crippen molar-refractivity contribution in [3.8, 4) is 5.75 Å². The Hall–Kier alpha value is -1.76. The third-order valence-electron chi connectivity index (χ3n) is 2.07. The van der Waals surface area contributed by atoms with Crippen molar-refractivity contribution in [3.05, 3.63) is 29.8 Å². The molecule has 1 saturated heterocycles. The summed E-state index contributed by atoms with van der Waals surface area (Å²) in [7, 11) is 0. The Kier molecular flexibility index (Phi) is 2.93. The van der Waals surface area contributed by atoms with Crippen LogP contribution < -0.4 is 10.1 Å². The number of alkyl halides is 3. The highest BCUT2D eigenvalue weighted by atomic mass is 19.4. The summed E-state index contributed by atoms with van der Waals surface area (Å²) in [5.74, 6) is -0.656. The first-order valence-electron chi connectivity index (χ1n) is 4.71. The summed E-state index contributed by atoms with van der Waals surface area (Å²) in [6.45, 7) is -0.102. The second-order valence-corrected chi connectivity index (χ2v) is 3.38. The van der Waals surface area contributed by atoms with E-state index in [2.05, 4.69) is 10.1 Å². The number of carbonyl (C=O) groups excluding carboxylic acids is 1. The number of halogens is 3. The van der Waals surface area contributed by atoms with E-state index in [1.807, 2.05) is 0 Å². The molecule has 17 heavy (non-hydrogen) atoms. The molecule has 0 aromatic heterocycles. The number of nitrogens with one attached hydrogen (secondary N) is 1. The molecule has 1 aliphatic heterocycles. The van der Waals surface area contributed by atoms with Gasteiger partial charge in [-0.05, 0) is 12.1 Å². The van der Waals surface area contributed by atoms with Crippen LogP contribution in [0.4, 0.5) is 13.2 Å². The zero-order valence-electron chi connectivity index (χ0n) is 8.45. The molecular weight excluding hydrogens is 239 g/mol. The highest BCUT2D eigenvalue weighted by Crippen LogP contribution is 2.26. The molecule has 1 unspecified atom stereocenters. The Morgan fingerprint density at radius 2 is 2.18 bits per heavy atom. The molecule has 92 valence electrons. The van der Waals surface area contributed by atoms with E-state index >= 15 is 0 Å². The Morgan fingerprint density at radius 3 is 2.76 bits per heavy atom. The minimum absolute atomic E-state index is 0.102. The van der Waals surface area contributed by atoms with Crippen LogP contribution in [-0.2, 0) is 9.53 Å². The Bertz CT molecular complexity index is 433. The predicted octanol–water partition coefficient (Wildman–Crippen LogP) is 1.73. The van der Waals surface area contributed by atoms with E-state index in [0.29, 0.717) is 5.56 Å². The molecule has 1 aromatic carbocycles. The largest absolute Gasteiger partial charge is 0.573 e. The summed E-state index contributed by atoms with van der Waals surface area (Å²) < 4.78 is 44.8. The van der Waals surface area contributed by atoms with E-state index in [0.717, 1.165) is 0 Å². The minimum atomic E-state index is -4.74. The Balaban J connectivity index is 2.14. The monoisotopic (exact) mass is 247 g/mol. The molecule has 1 aromatic rings. The zero-order chi connectivity index (χ0) is 12.5. The number of carbonyl (C=O) groups is 1. The summed E-state index contributed by atoms with van der Waals surface area (Å²) in [6, 6.07) is 5.28. The van der Waals surface area contributed by atoms with Crippen LogP contribution in [-0.4, -0.2) is 18.9 Å². The Labute approximate surface area is 94.3 Å². The van der Waals surface area contributed by atoms with Crippen LogP contribution in [0.5, 0.6) is 5.75 Å². The third-order valence-corrected chi connectivity index (χ3v) is 2.07. The molecular formula is C10H8F3NO3. The summed E-state index contributed by atoms with van der Waals surface area (Å²) in [5, 5.41) is 2.46. The number of amides is 1. The molecule has 0 saturated carbocycles. The number of rotatable bonds is 2. The SMILES string of the molecule is O=C1COC(c2cccc(OC(F)(F)F)c2)N1. The van der Waals surface area contributed by atoms with E-state index < -0.39 is 12.6 Å². The van der Waals surface area contributed by atoms with Crippen LogP contribution in [0.25, 0.3) is 0 Å². The lowest BCUT2D eigenvalue weighted by Gasteiger charge is -2.13. The van der Waals surface area contributed by atoms with Crippen LogP contribution in [0.15, 0.2) is 24.3 Å². The maximum Gasteiger partial charge on any atom is 0.573 e. The number of ether oxygens (including phenoxy) is 2. The summed E-state index contributed by atoms with van der Waals surface area (Å²) in [6.07, 6.45) is -5.46. The van der Waals surface area contributed by atoms with Gasteiger partial charge in [-0.2, -0.15) is 0 Å². The first-order chi connectivity index (χ1) is 7.94. The van der Waals surface area contributed by atoms with Crippen molar-refractivity contribution in [1.82, 2.24) is 5.32 Å². The Morgan fingerprint density at radius 1 is 1.41 bits per heavy atom. The van der Waals surface area contributed by atoms with Gasteiger partial charge in [0.2, 0.25) is 5.91 Å². The average molecular weight is 247 g/mol. The average Bonchev–Trinajstić information content (AvgIpc) is 2.63. The molecule has 2 rings (SSSR count). The lowest BCUT2D eigenvalue weighted by atomic mass is 10.2. The lowest BCUT2D eigenvalue weighted by Crippen LogP contribution is -2.20. The van der Waals surface area contributed by atoms with Gasteiger partial charge < -0.3 is 14.8 Å². The first-order valence-corrected chi connectivity index (χ1v) is 4.71. The summed E-state index contributed by atoms with van der Waals surface area (Å²) >= 11 is 0. The minimum Gasteiger partial charge on any atom is -0.406 e. The second kappa shape index (κ2) is 4.25. The molecule has 1 aliphatic rings. The first kappa shape index (κ1) is 11.7. The fraction of sp³-hybridized carbons (Fsp3) is 0.300. The lowest BCUT2D eigenvalue weighted by molar-refractivity contribution is -0.274. The molecule has 1 atom stereocenters. The van der Waals surface area contributed by atoms with Gasteiger partial charge in [0.05, 0.1) is 0 Å². The highest BCUT2D eigenvalue weighted by Gasteiger charge is 2.31. The van der Waals surface area contributed by atoms with Gasteiger partial charge in [0, 0.05) is 5.56 Å². The van der Waals surface area contributed by atoms with E-state index in [9.17, 15) is 18.0 Å². The van der Waals surface area contributed by atoms with E-state index in [-0.39, 0.29) is 18.3 Å². The molecule has 4 nitrogen and oxygen atoms in total. The van der Waals surface area contributed by atoms with Gasteiger partial charge in [0.25, 0.3) is 0 Å². The van der Waals surface area contributed by atoms with Crippen molar-refractivity contribution in [1.29, 1.82) is 0 Å².